The molecular weight excluding hydrogens is 832 g/mol. The lowest BCUT2D eigenvalue weighted by Gasteiger charge is -2.21. The molecule has 278 valence electrons. The van der Waals surface area contributed by atoms with Crippen LogP contribution in [0, 0.1) is 18.6 Å². The van der Waals surface area contributed by atoms with Crippen LogP contribution in [0.5, 0.6) is 23.0 Å². The number of carbonyl (C=O) groups excluding carboxylic acids is 1. The Labute approximate surface area is 325 Å². The number of halogens is 4. The van der Waals surface area contributed by atoms with E-state index >= 15 is 0 Å². The van der Waals surface area contributed by atoms with Gasteiger partial charge in [0.15, 0.2) is 11.6 Å². The number of fused-ring (bicyclic) bond motifs is 2. The van der Waals surface area contributed by atoms with Crippen molar-refractivity contribution in [1.82, 2.24) is 15.0 Å². The van der Waals surface area contributed by atoms with Gasteiger partial charge in [-0.2, -0.15) is 0 Å². The Balaban J connectivity index is 0.000000262. The highest BCUT2D eigenvalue weighted by Gasteiger charge is 2.41. The zero-order valence-corrected chi connectivity index (χ0v) is 32.4. The fourth-order valence-electron chi connectivity index (χ4n) is 6.05. The summed E-state index contributed by atoms with van der Waals surface area (Å²) in [5.74, 6) is -0.679. The number of rotatable bonds is 10. The Morgan fingerprint density at radius 2 is 1.78 bits per heavy atom. The third kappa shape index (κ3) is 7.75. The molecule has 0 saturated heterocycles. The first-order valence-electron chi connectivity index (χ1n) is 16.4. The fourth-order valence-corrected chi connectivity index (χ4v) is 7.27. The van der Waals surface area contributed by atoms with Gasteiger partial charge in [-0.15, -0.1) is 0 Å². The van der Waals surface area contributed by atoms with Crippen LogP contribution >= 0.6 is 31.9 Å². The van der Waals surface area contributed by atoms with Gasteiger partial charge in [0.2, 0.25) is 0 Å². The van der Waals surface area contributed by atoms with Crippen LogP contribution < -0.4 is 14.2 Å². The summed E-state index contributed by atoms with van der Waals surface area (Å²) in [5, 5.41) is 10.1. The van der Waals surface area contributed by atoms with Gasteiger partial charge in [0, 0.05) is 51.7 Å². The maximum atomic E-state index is 14.9. The van der Waals surface area contributed by atoms with Gasteiger partial charge >= 0.3 is 11.9 Å². The van der Waals surface area contributed by atoms with E-state index < -0.39 is 29.0 Å². The smallest absolute Gasteiger partial charge is 0.336 e. The predicted molar refractivity (Wildman–Crippen MR) is 205 cm³/mol. The molecule has 54 heavy (non-hydrogen) atoms. The van der Waals surface area contributed by atoms with Gasteiger partial charge < -0.3 is 34.0 Å². The molecule has 0 bridgehead atoms. The maximum absolute atomic E-state index is 14.9. The highest BCUT2D eigenvalue weighted by atomic mass is 79.9. The molecular formula is C40H33Br2F2N3O7. The van der Waals surface area contributed by atoms with E-state index in [1.165, 1.54) is 31.4 Å². The summed E-state index contributed by atoms with van der Waals surface area (Å²) >= 11 is 6.70. The minimum absolute atomic E-state index is 0.0687. The number of aliphatic carboxylic acids is 1. The van der Waals surface area contributed by atoms with Crippen molar-refractivity contribution in [1.29, 1.82) is 0 Å². The number of aromatic amines is 2. The second-order valence-electron chi connectivity index (χ2n) is 12.6. The average molecular weight is 866 g/mol. The first kappa shape index (κ1) is 38.3. The lowest BCUT2D eigenvalue weighted by atomic mass is 9.81. The number of benzene rings is 4. The zero-order valence-electron chi connectivity index (χ0n) is 29.2. The quantitative estimate of drug-likeness (QED) is 0.0916. The van der Waals surface area contributed by atoms with E-state index in [1.54, 1.807) is 31.5 Å². The van der Waals surface area contributed by atoms with E-state index in [4.69, 9.17) is 14.2 Å². The normalized spacial score (nSPS) is 14.4. The lowest BCUT2D eigenvalue weighted by Crippen LogP contribution is -2.25. The third-order valence-electron chi connectivity index (χ3n) is 8.92. The number of hydrogen-bond acceptors (Lipinski definition) is 7. The molecule has 14 heteroatoms. The SMILES string of the molecule is C=C(COc1c(Br)cccc1Br)C(=O)OC.Cc1c(Oc2ccc(F)c(-c3ncc([C@]4(C)COc5c(CC(=O)O)cccc54)[nH]3)c2)c(F)cc2[nH]ccc12. The van der Waals surface area contributed by atoms with Gasteiger partial charge in [-0.05, 0) is 82.1 Å². The van der Waals surface area contributed by atoms with Crippen LogP contribution in [0.15, 0.2) is 100 Å². The minimum atomic E-state index is -0.944. The molecule has 6 aromatic rings. The molecule has 3 heterocycles. The maximum Gasteiger partial charge on any atom is 0.336 e. The van der Waals surface area contributed by atoms with Crippen molar-refractivity contribution < 1.29 is 42.4 Å². The van der Waals surface area contributed by atoms with E-state index in [-0.39, 0.29) is 48.1 Å². The van der Waals surface area contributed by atoms with Gasteiger partial charge in [-0.25, -0.2) is 18.6 Å². The molecule has 0 amide bonds. The van der Waals surface area contributed by atoms with Crippen LogP contribution in [0.25, 0.3) is 22.3 Å². The molecule has 1 atom stereocenters. The van der Waals surface area contributed by atoms with Crippen LogP contribution in [0.2, 0.25) is 0 Å². The number of ether oxygens (including phenoxy) is 4. The summed E-state index contributed by atoms with van der Waals surface area (Å²) in [6.45, 7) is 7.65. The molecule has 1 aliphatic rings. The van der Waals surface area contributed by atoms with Crippen molar-refractivity contribution in [3.63, 3.8) is 0 Å². The number of imidazole rings is 1. The van der Waals surface area contributed by atoms with Gasteiger partial charge in [-0.1, -0.05) is 30.8 Å². The number of nitrogens with zero attached hydrogens (tertiary/aromatic N) is 1. The second-order valence-corrected chi connectivity index (χ2v) is 14.3. The number of H-pyrrole nitrogens is 2. The molecule has 0 aliphatic carbocycles. The Bertz CT molecular complexity index is 2390. The summed E-state index contributed by atoms with van der Waals surface area (Å²) in [5.41, 5.74) is 3.18. The molecule has 7 rings (SSSR count). The monoisotopic (exact) mass is 863 g/mol. The van der Waals surface area contributed by atoms with Gasteiger partial charge in [-0.3, -0.25) is 4.79 Å². The number of carboxylic acid groups (broad SMARTS) is 1. The highest BCUT2D eigenvalue weighted by Crippen LogP contribution is 2.45. The topological polar surface area (TPSA) is 136 Å². The number of para-hydroxylation sites is 2. The van der Waals surface area contributed by atoms with E-state index in [9.17, 15) is 23.5 Å². The molecule has 3 N–H and O–H groups in total. The van der Waals surface area contributed by atoms with Crippen LogP contribution in [0.3, 0.4) is 0 Å². The van der Waals surface area contributed by atoms with Crippen LogP contribution in [0.1, 0.15) is 29.3 Å². The van der Waals surface area contributed by atoms with Crippen LogP contribution in [-0.2, 0) is 26.2 Å². The third-order valence-corrected chi connectivity index (χ3v) is 10.2. The van der Waals surface area contributed by atoms with Crippen molar-refractivity contribution in [2.45, 2.75) is 25.7 Å². The van der Waals surface area contributed by atoms with Crippen LogP contribution in [0.4, 0.5) is 8.78 Å². The van der Waals surface area contributed by atoms with Gasteiger partial charge in [0.05, 0.1) is 39.0 Å². The number of carboxylic acids is 1. The Hall–Kier alpha value is -5.47. The predicted octanol–water partition coefficient (Wildman–Crippen LogP) is 9.58. The van der Waals surface area contributed by atoms with Gasteiger partial charge in [0.25, 0.3) is 0 Å². The number of carbonyl (C=O) groups is 2. The number of methoxy groups -OCH3 is 1. The molecule has 0 radical (unpaired) electrons. The van der Waals surface area contributed by atoms with Crippen molar-refractivity contribution in [3.8, 4) is 34.4 Å². The van der Waals surface area contributed by atoms with E-state index in [0.29, 0.717) is 33.8 Å². The van der Waals surface area contributed by atoms with Gasteiger partial charge in [0.1, 0.15) is 42.1 Å². The summed E-state index contributed by atoms with van der Waals surface area (Å²) in [7, 11) is 1.31. The minimum Gasteiger partial charge on any atom is -0.492 e. The number of nitrogens with one attached hydrogen (secondary N) is 2. The summed E-state index contributed by atoms with van der Waals surface area (Å²) in [6.07, 6.45) is 3.20. The molecule has 10 nitrogen and oxygen atoms in total. The first-order chi connectivity index (χ1) is 25.8. The number of aryl methyl sites for hydroxylation is 1. The number of aromatic nitrogens is 3. The summed E-state index contributed by atoms with van der Waals surface area (Å²) in [4.78, 5) is 33.0. The molecule has 1 aliphatic heterocycles. The summed E-state index contributed by atoms with van der Waals surface area (Å²) < 4.78 is 53.1. The average Bonchev–Trinajstić information content (AvgIpc) is 3.91. The second kappa shape index (κ2) is 15.9. The molecule has 0 spiro atoms. The number of hydrogen-bond donors (Lipinski definition) is 3. The Morgan fingerprint density at radius 1 is 1.04 bits per heavy atom. The van der Waals surface area contributed by atoms with Crippen molar-refractivity contribution in [3.05, 3.63) is 134 Å². The molecule has 0 fully saturated rings. The Morgan fingerprint density at radius 3 is 2.50 bits per heavy atom. The largest absolute Gasteiger partial charge is 0.492 e. The van der Waals surface area contributed by atoms with E-state index in [0.717, 1.165) is 19.9 Å². The van der Waals surface area contributed by atoms with E-state index in [2.05, 4.69) is 58.1 Å². The summed E-state index contributed by atoms with van der Waals surface area (Å²) in [6, 6.07) is 18.4. The molecule has 2 aromatic heterocycles. The van der Waals surface area contributed by atoms with Crippen molar-refractivity contribution >= 4 is 54.7 Å². The fraction of sp³-hybridized carbons (Fsp3) is 0.175. The molecule has 0 unspecified atom stereocenters. The van der Waals surface area contributed by atoms with Crippen molar-refractivity contribution in [2.24, 2.45) is 0 Å². The van der Waals surface area contributed by atoms with Crippen molar-refractivity contribution in [2.75, 3.05) is 20.3 Å². The Kier molecular flexibility index (Phi) is 11.2. The lowest BCUT2D eigenvalue weighted by molar-refractivity contribution is -0.137. The number of esters is 1. The van der Waals surface area contributed by atoms with Crippen LogP contribution in [-0.4, -0.2) is 52.3 Å². The standard InChI is InChI=1S/C29H23F2N3O4.C11H10Br2O3/c1-15-18-8-9-32-23(18)12-22(31)26(15)38-17-6-7-21(30)19(11-17)28-33-13-24(34-28)29(2)14-37-27-16(10-25(35)36)4-3-5-20(27)29;1-7(11(14)15-2)6-16-10-8(12)4-3-5-9(10)13/h3-9,11-13,32H,10,14H2,1-2H3,(H,33,34)(H,35,36);3-5H,1,6H2,2H3/t29-;/m1./s1. The zero-order chi connectivity index (χ0) is 38.7. The first-order valence-corrected chi connectivity index (χ1v) is 18.0. The highest BCUT2D eigenvalue weighted by molar-refractivity contribution is 9.11. The van der Waals surface area contributed by atoms with E-state index in [1.807, 2.05) is 37.3 Å². The molecule has 4 aromatic carbocycles. The molecule has 0 saturated carbocycles.